The molecule has 0 aliphatic heterocycles. The summed E-state index contributed by atoms with van der Waals surface area (Å²) in [5.41, 5.74) is 0.239. The second-order valence-corrected chi connectivity index (χ2v) is 4.26. The molecule has 2 nitrogen and oxygen atoms in total. The van der Waals surface area contributed by atoms with E-state index in [4.69, 9.17) is 0 Å². The average molecular weight is 268 g/mol. The maximum absolute atomic E-state index is 13.0. The van der Waals surface area contributed by atoms with Crippen LogP contribution in [0.25, 0.3) is 10.9 Å². The molecule has 5 heteroatoms. The van der Waals surface area contributed by atoms with Crippen LogP contribution in [0.3, 0.4) is 0 Å². The molecule has 0 bridgehead atoms. The Bertz CT molecular complexity index is 591. The number of halogens is 3. The van der Waals surface area contributed by atoms with Gasteiger partial charge in [0, 0.05) is 11.9 Å². The van der Waals surface area contributed by atoms with Crippen molar-refractivity contribution in [3.63, 3.8) is 0 Å². The van der Waals surface area contributed by atoms with E-state index in [9.17, 15) is 13.2 Å². The molecule has 2 rings (SSSR count). The summed E-state index contributed by atoms with van der Waals surface area (Å²) < 4.78 is 38.9. The number of benzene rings is 1. The molecule has 0 aliphatic carbocycles. The fraction of sp³-hybridized carbons (Fsp3) is 0.357. The maximum Gasteiger partial charge on any atom is 0.418 e. The molecule has 0 amide bonds. The van der Waals surface area contributed by atoms with Gasteiger partial charge in [-0.2, -0.15) is 13.2 Å². The van der Waals surface area contributed by atoms with E-state index in [1.807, 2.05) is 13.8 Å². The number of nitrogens with zero attached hydrogens (tertiary/aromatic N) is 1. The Morgan fingerprint density at radius 3 is 2.53 bits per heavy atom. The molecule has 1 aromatic heterocycles. The minimum absolute atomic E-state index is 0.00292. The highest BCUT2D eigenvalue weighted by atomic mass is 19.4. The van der Waals surface area contributed by atoms with Crippen molar-refractivity contribution in [3.8, 4) is 0 Å². The molecule has 0 saturated carbocycles. The summed E-state index contributed by atoms with van der Waals surface area (Å²) in [5.74, 6) is 0.536. The highest BCUT2D eigenvalue weighted by molar-refractivity contribution is 5.85. The van der Waals surface area contributed by atoms with E-state index in [-0.39, 0.29) is 5.52 Å². The minimum Gasteiger partial charge on any atom is -0.370 e. The second-order valence-electron chi connectivity index (χ2n) is 4.26. The molecule has 0 unspecified atom stereocenters. The molecule has 0 fully saturated rings. The summed E-state index contributed by atoms with van der Waals surface area (Å²) >= 11 is 0. The van der Waals surface area contributed by atoms with E-state index in [2.05, 4.69) is 10.3 Å². The maximum atomic E-state index is 13.0. The lowest BCUT2D eigenvalue weighted by molar-refractivity contribution is -0.136. The standard InChI is InChI=1S/C14H15F3N2/c1-3-9-8-10-6-5-7-11(14(15,16)17)12(10)19-13(9)18-4-2/h5-8H,3-4H2,1-2H3,(H,18,19). The summed E-state index contributed by atoms with van der Waals surface area (Å²) in [6, 6.07) is 5.91. The van der Waals surface area contributed by atoms with Crippen LogP contribution in [0, 0.1) is 0 Å². The zero-order chi connectivity index (χ0) is 14.0. The molecule has 0 saturated heterocycles. The van der Waals surface area contributed by atoms with Crippen LogP contribution >= 0.6 is 0 Å². The predicted molar refractivity (Wildman–Crippen MR) is 70.3 cm³/mol. The fourth-order valence-electron chi connectivity index (χ4n) is 2.06. The van der Waals surface area contributed by atoms with Gasteiger partial charge in [0.1, 0.15) is 5.82 Å². The van der Waals surface area contributed by atoms with Gasteiger partial charge >= 0.3 is 6.18 Å². The Labute approximate surface area is 109 Å². The lowest BCUT2D eigenvalue weighted by atomic mass is 10.1. The molecule has 1 N–H and O–H groups in total. The number of nitrogens with one attached hydrogen (secondary N) is 1. The van der Waals surface area contributed by atoms with E-state index < -0.39 is 11.7 Å². The molecule has 102 valence electrons. The van der Waals surface area contributed by atoms with E-state index in [0.29, 0.717) is 17.7 Å². The first-order valence-corrected chi connectivity index (χ1v) is 6.21. The monoisotopic (exact) mass is 268 g/mol. The smallest absolute Gasteiger partial charge is 0.370 e. The van der Waals surface area contributed by atoms with Gasteiger partial charge in [-0.1, -0.05) is 19.1 Å². The number of para-hydroxylation sites is 1. The van der Waals surface area contributed by atoms with Crippen LogP contribution < -0.4 is 5.32 Å². The number of anilines is 1. The van der Waals surface area contributed by atoms with Gasteiger partial charge in [-0.25, -0.2) is 4.98 Å². The summed E-state index contributed by atoms with van der Waals surface area (Å²) in [6.07, 6.45) is -3.66. The van der Waals surface area contributed by atoms with E-state index in [1.165, 1.54) is 6.07 Å². The van der Waals surface area contributed by atoms with Gasteiger partial charge in [-0.3, -0.25) is 0 Å². The van der Waals surface area contributed by atoms with E-state index in [0.717, 1.165) is 18.1 Å². The van der Waals surface area contributed by atoms with Crippen molar-refractivity contribution in [1.29, 1.82) is 0 Å². The number of rotatable bonds is 3. The van der Waals surface area contributed by atoms with Crippen molar-refractivity contribution in [3.05, 3.63) is 35.4 Å². The first-order chi connectivity index (χ1) is 8.97. The molecule has 0 radical (unpaired) electrons. The van der Waals surface area contributed by atoms with Crippen LogP contribution in [0.15, 0.2) is 24.3 Å². The van der Waals surface area contributed by atoms with Gasteiger partial charge in [0.15, 0.2) is 0 Å². The third-order valence-electron chi connectivity index (χ3n) is 2.96. The van der Waals surface area contributed by atoms with Crippen LogP contribution in [0.1, 0.15) is 25.0 Å². The largest absolute Gasteiger partial charge is 0.418 e. The lowest BCUT2D eigenvalue weighted by Crippen LogP contribution is -2.09. The first kappa shape index (κ1) is 13.6. The molecular weight excluding hydrogens is 253 g/mol. The number of hydrogen-bond acceptors (Lipinski definition) is 2. The second kappa shape index (κ2) is 5.07. The topological polar surface area (TPSA) is 24.9 Å². The van der Waals surface area contributed by atoms with Crippen LogP contribution in [-0.2, 0) is 12.6 Å². The zero-order valence-corrected chi connectivity index (χ0v) is 10.8. The molecule has 0 spiro atoms. The summed E-state index contributed by atoms with van der Waals surface area (Å²) in [6.45, 7) is 4.47. The number of hydrogen-bond donors (Lipinski definition) is 1. The number of aromatic nitrogens is 1. The van der Waals surface area contributed by atoms with Crippen molar-refractivity contribution >= 4 is 16.7 Å². The molecule has 19 heavy (non-hydrogen) atoms. The Morgan fingerprint density at radius 2 is 1.95 bits per heavy atom. The van der Waals surface area contributed by atoms with Crippen LogP contribution in [0.4, 0.5) is 19.0 Å². The molecular formula is C14H15F3N2. The van der Waals surface area contributed by atoms with Crippen molar-refractivity contribution in [1.82, 2.24) is 4.98 Å². The number of aryl methyl sites for hydroxylation is 1. The SMILES string of the molecule is CCNc1nc2c(C(F)(F)F)cccc2cc1CC. The molecule has 1 heterocycles. The van der Waals surface area contributed by atoms with Gasteiger partial charge < -0.3 is 5.32 Å². The van der Waals surface area contributed by atoms with Gasteiger partial charge in [0.05, 0.1) is 11.1 Å². The Hall–Kier alpha value is -1.78. The minimum atomic E-state index is -4.39. The normalized spacial score (nSPS) is 11.8. The van der Waals surface area contributed by atoms with Crippen LogP contribution in [-0.4, -0.2) is 11.5 Å². The van der Waals surface area contributed by atoms with Crippen molar-refractivity contribution in [2.75, 3.05) is 11.9 Å². The van der Waals surface area contributed by atoms with Gasteiger partial charge in [0.2, 0.25) is 0 Å². The van der Waals surface area contributed by atoms with Gasteiger partial charge in [-0.05, 0) is 31.0 Å². The quantitative estimate of drug-likeness (QED) is 0.900. The molecule has 0 atom stereocenters. The number of fused-ring (bicyclic) bond motifs is 1. The zero-order valence-electron chi connectivity index (χ0n) is 10.8. The van der Waals surface area contributed by atoms with Gasteiger partial charge in [-0.15, -0.1) is 0 Å². The number of alkyl halides is 3. The molecule has 1 aromatic carbocycles. The summed E-state index contributed by atoms with van der Waals surface area (Å²) in [5, 5.41) is 3.54. The number of pyridine rings is 1. The molecule has 2 aromatic rings. The van der Waals surface area contributed by atoms with Crippen molar-refractivity contribution in [2.24, 2.45) is 0 Å². The Morgan fingerprint density at radius 1 is 1.21 bits per heavy atom. The van der Waals surface area contributed by atoms with Crippen molar-refractivity contribution in [2.45, 2.75) is 26.4 Å². The highest BCUT2D eigenvalue weighted by Crippen LogP contribution is 2.35. The average Bonchev–Trinajstić information content (AvgIpc) is 2.36. The Kier molecular flexibility index (Phi) is 3.64. The first-order valence-electron chi connectivity index (χ1n) is 6.21. The third kappa shape index (κ3) is 2.64. The highest BCUT2D eigenvalue weighted by Gasteiger charge is 2.33. The van der Waals surface area contributed by atoms with Gasteiger partial charge in [0.25, 0.3) is 0 Å². The third-order valence-corrected chi connectivity index (χ3v) is 2.96. The lowest BCUT2D eigenvalue weighted by Gasteiger charge is -2.14. The fourth-order valence-corrected chi connectivity index (χ4v) is 2.06. The molecule has 0 aliphatic rings. The van der Waals surface area contributed by atoms with Crippen LogP contribution in [0.5, 0.6) is 0 Å². The van der Waals surface area contributed by atoms with Crippen LogP contribution in [0.2, 0.25) is 0 Å². The predicted octanol–water partition coefficient (Wildman–Crippen LogP) is 4.25. The summed E-state index contributed by atoms with van der Waals surface area (Å²) in [7, 11) is 0. The summed E-state index contributed by atoms with van der Waals surface area (Å²) in [4.78, 5) is 4.17. The van der Waals surface area contributed by atoms with E-state index >= 15 is 0 Å². The Balaban J connectivity index is 2.71. The van der Waals surface area contributed by atoms with E-state index in [1.54, 1.807) is 12.1 Å². The van der Waals surface area contributed by atoms with Crippen molar-refractivity contribution < 1.29 is 13.2 Å².